The Morgan fingerprint density at radius 1 is 1.35 bits per heavy atom. The molecule has 0 atom stereocenters. The Kier molecular flexibility index (Phi) is 5.10. The number of nitro benzene ring substituents is 1. The molecule has 2 aromatic heterocycles. The van der Waals surface area contributed by atoms with Crippen LogP contribution in [0, 0.1) is 10.1 Å². The lowest BCUT2D eigenvalue weighted by molar-refractivity contribution is -0.386. The van der Waals surface area contributed by atoms with Crippen molar-refractivity contribution in [3.05, 3.63) is 57.7 Å². The number of aliphatic imine (C=N–C) groups is 1. The second-order valence-corrected chi connectivity index (χ2v) is 5.80. The summed E-state index contributed by atoms with van der Waals surface area (Å²) in [6.07, 6.45) is 0. The highest BCUT2D eigenvalue weighted by Crippen LogP contribution is 2.28. The molecule has 26 heavy (non-hydrogen) atoms. The largest absolute Gasteiger partial charge is 0.458 e. The summed E-state index contributed by atoms with van der Waals surface area (Å²) in [5.41, 5.74) is 13.7. The zero-order valence-corrected chi connectivity index (χ0v) is 14.1. The topological polar surface area (TPSA) is 155 Å². The number of thiazole rings is 1. The monoisotopic (exact) mass is 374 g/mol. The number of aromatic nitrogens is 1. The van der Waals surface area contributed by atoms with Gasteiger partial charge in [0.15, 0.2) is 11.7 Å². The fraction of sp³-hybridized carbons (Fsp3) is 0.0667. The Morgan fingerprint density at radius 2 is 2.15 bits per heavy atom. The summed E-state index contributed by atoms with van der Waals surface area (Å²) in [5.74, 6) is 1.16. The number of benzene rings is 1. The van der Waals surface area contributed by atoms with Crippen LogP contribution in [0.4, 0.5) is 10.8 Å². The van der Waals surface area contributed by atoms with E-state index in [-0.39, 0.29) is 23.9 Å². The van der Waals surface area contributed by atoms with Crippen LogP contribution in [0.3, 0.4) is 0 Å². The zero-order valence-electron chi connectivity index (χ0n) is 13.3. The average molecular weight is 374 g/mol. The number of nitro groups is 1. The lowest BCUT2D eigenvalue weighted by Crippen LogP contribution is -2.21. The SMILES string of the molecule is NC(N)=Nc1nc(-c2ccc(CNOc3ccccc3[N+](=O)[O-])o2)cs1. The Morgan fingerprint density at radius 3 is 2.92 bits per heavy atom. The van der Waals surface area contributed by atoms with E-state index in [1.54, 1.807) is 29.6 Å². The molecular weight excluding hydrogens is 360 g/mol. The van der Waals surface area contributed by atoms with Gasteiger partial charge in [-0.15, -0.1) is 16.8 Å². The molecule has 0 bridgehead atoms. The van der Waals surface area contributed by atoms with Crippen LogP contribution in [0.15, 0.2) is 51.2 Å². The molecule has 2 heterocycles. The summed E-state index contributed by atoms with van der Waals surface area (Å²) in [6, 6.07) is 9.55. The molecule has 0 aliphatic heterocycles. The van der Waals surface area contributed by atoms with Gasteiger partial charge in [0.25, 0.3) is 0 Å². The molecule has 0 saturated heterocycles. The number of nitrogens with one attached hydrogen (secondary N) is 1. The van der Waals surface area contributed by atoms with Crippen molar-refractivity contribution in [3.8, 4) is 17.2 Å². The Balaban J connectivity index is 1.62. The van der Waals surface area contributed by atoms with Gasteiger partial charge in [-0.1, -0.05) is 12.1 Å². The van der Waals surface area contributed by atoms with Gasteiger partial charge in [0.2, 0.25) is 10.9 Å². The molecule has 0 spiro atoms. The van der Waals surface area contributed by atoms with E-state index in [9.17, 15) is 10.1 Å². The first-order valence-electron chi connectivity index (χ1n) is 7.30. The number of hydroxylamine groups is 1. The van der Waals surface area contributed by atoms with Crippen molar-refractivity contribution in [1.29, 1.82) is 0 Å². The second kappa shape index (κ2) is 7.63. The minimum Gasteiger partial charge on any atom is -0.458 e. The maximum absolute atomic E-state index is 10.9. The third-order valence-electron chi connectivity index (χ3n) is 3.12. The molecule has 11 heteroatoms. The Labute approximate surface area is 151 Å². The van der Waals surface area contributed by atoms with Crippen LogP contribution in [-0.2, 0) is 6.54 Å². The first kappa shape index (κ1) is 17.4. The van der Waals surface area contributed by atoms with Crippen molar-refractivity contribution in [2.24, 2.45) is 16.5 Å². The molecule has 1 aromatic carbocycles. The normalized spacial score (nSPS) is 10.5. The van der Waals surface area contributed by atoms with Crippen LogP contribution in [0.25, 0.3) is 11.5 Å². The highest BCUT2D eigenvalue weighted by atomic mass is 32.1. The number of guanidine groups is 1. The predicted molar refractivity (Wildman–Crippen MR) is 95.8 cm³/mol. The number of nitrogens with two attached hydrogens (primary N) is 2. The fourth-order valence-corrected chi connectivity index (χ4v) is 2.72. The Hall–Kier alpha value is -3.44. The third kappa shape index (κ3) is 4.15. The van der Waals surface area contributed by atoms with Crippen molar-refractivity contribution < 1.29 is 14.2 Å². The van der Waals surface area contributed by atoms with Crippen LogP contribution in [0.1, 0.15) is 5.76 Å². The third-order valence-corrected chi connectivity index (χ3v) is 3.86. The van der Waals surface area contributed by atoms with E-state index < -0.39 is 4.92 Å². The fourth-order valence-electron chi connectivity index (χ4n) is 2.03. The first-order valence-corrected chi connectivity index (χ1v) is 8.18. The van der Waals surface area contributed by atoms with E-state index in [2.05, 4.69) is 15.5 Å². The highest BCUT2D eigenvalue weighted by molar-refractivity contribution is 7.13. The Bertz CT molecular complexity index is 947. The summed E-state index contributed by atoms with van der Waals surface area (Å²) in [4.78, 5) is 23.8. The molecule has 10 nitrogen and oxygen atoms in total. The van der Waals surface area contributed by atoms with Crippen LogP contribution < -0.4 is 21.8 Å². The minimum atomic E-state index is -0.515. The molecule has 134 valence electrons. The number of hydrogen-bond acceptors (Lipinski definition) is 8. The molecule has 0 unspecified atom stereocenters. The molecule has 3 rings (SSSR count). The van der Waals surface area contributed by atoms with Gasteiger partial charge in [-0.2, -0.15) is 4.99 Å². The van der Waals surface area contributed by atoms with Crippen molar-refractivity contribution in [2.75, 3.05) is 0 Å². The van der Waals surface area contributed by atoms with E-state index in [1.807, 2.05) is 0 Å². The van der Waals surface area contributed by atoms with Crippen molar-refractivity contribution in [2.45, 2.75) is 6.54 Å². The summed E-state index contributed by atoms with van der Waals surface area (Å²) in [6.45, 7) is 0.205. The van der Waals surface area contributed by atoms with Gasteiger partial charge in [0.1, 0.15) is 11.5 Å². The number of rotatable bonds is 7. The molecule has 0 saturated carbocycles. The molecule has 0 aliphatic rings. The van der Waals surface area contributed by atoms with Gasteiger partial charge in [-0.05, 0) is 18.2 Å². The molecule has 3 aromatic rings. The lowest BCUT2D eigenvalue weighted by Gasteiger charge is -2.05. The molecule has 0 aliphatic carbocycles. The minimum absolute atomic E-state index is 0.0672. The molecule has 5 N–H and O–H groups in total. The van der Waals surface area contributed by atoms with Gasteiger partial charge in [-0.25, -0.2) is 4.98 Å². The molecule has 0 fully saturated rings. The molecule has 0 amide bonds. The van der Waals surface area contributed by atoms with E-state index in [0.29, 0.717) is 22.3 Å². The number of nitrogens with zero attached hydrogens (tertiary/aromatic N) is 3. The van der Waals surface area contributed by atoms with Gasteiger partial charge in [0, 0.05) is 11.4 Å². The maximum atomic E-state index is 10.9. The number of furan rings is 1. The molecule has 0 radical (unpaired) electrons. The number of para-hydroxylation sites is 2. The van der Waals surface area contributed by atoms with Gasteiger partial charge < -0.3 is 20.7 Å². The van der Waals surface area contributed by atoms with Crippen LogP contribution in [0.2, 0.25) is 0 Å². The van der Waals surface area contributed by atoms with Crippen molar-refractivity contribution in [1.82, 2.24) is 10.5 Å². The van der Waals surface area contributed by atoms with Crippen molar-refractivity contribution >= 4 is 28.1 Å². The van der Waals surface area contributed by atoms with Crippen molar-refractivity contribution in [3.63, 3.8) is 0 Å². The number of hydrogen-bond donors (Lipinski definition) is 3. The summed E-state index contributed by atoms with van der Waals surface area (Å²) in [5, 5.41) is 13.1. The summed E-state index contributed by atoms with van der Waals surface area (Å²) < 4.78 is 5.66. The average Bonchev–Trinajstić information content (AvgIpc) is 3.24. The summed E-state index contributed by atoms with van der Waals surface area (Å²) in [7, 11) is 0. The van der Waals surface area contributed by atoms with E-state index >= 15 is 0 Å². The quantitative estimate of drug-likeness (QED) is 0.246. The van der Waals surface area contributed by atoms with Gasteiger partial charge in [-0.3, -0.25) is 10.1 Å². The first-order chi connectivity index (χ1) is 12.5. The van der Waals surface area contributed by atoms with Crippen LogP contribution in [0.5, 0.6) is 5.75 Å². The van der Waals surface area contributed by atoms with Gasteiger partial charge >= 0.3 is 5.69 Å². The van der Waals surface area contributed by atoms with E-state index in [0.717, 1.165) is 0 Å². The van der Waals surface area contributed by atoms with Gasteiger partial charge in [0.05, 0.1) is 11.5 Å². The van der Waals surface area contributed by atoms with E-state index in [4.69, 9.17) is 20.7 Å². The predicted octanol–water partition coefficient (Wildman–Crippen LogP) is 2.30. The second-order valence-electron chi connectivity index (χ2n) is 4.97. The van der Waals surface area contributed by atoms with Crippen LogP contribution >= 0.6 is 11.3 Å². The zero-order chi connectivity index (χ0) is 18.5. The van der Waals surface area contributed by atoms with E-state index in [1.165, 1.54) is 23.5 Å². The standard InChI is InChI=1S/C15H14N6O4S/c16-14(17)20-15-19-10(8-26-15)12-6-5-9(24-12)7-18-25-13-4-2-1-3-11(13)21(22)23/h1-6,8,18H,7H2,(H4,16,17,19,20). The van der Waals surface area contributed by atoms with Crippen LogP contribution in [-0.4, -0.2) is 15.9 Å². The highest BCUT2D eigenvalue weighted by Gasteiger charge is 2.14. The summed E-state index contributed by atoms with van der Waals surface area (Å²) >= 11 is 1.28. The smallest absolute Gasteiger partial charge is 0.313 e. The maximum Gasteiger partial charge on any atom is 0.313 e. The molecular formula is C15H14N6O4S. The lowest BCUT2D eigenvalue weighted by atomic mass is 10.3.